The second-order valence-electron chi connectivity index (χ2n) is 2.99. The molecule has 0 unspecified atom stereocenters. The van der Waals surface area contributed by atoms with Crippen molar-refractivity contribution in [2.45, 2.75) is 20.3 Å². The Kier molecular flexibility index (Phi) is 3.37. The van der Waals surface area contributed by atoms with Crippen LogP contribution in [0.3, 0.4) is 0 Å². The molecular formula is C10H9BrF2O. The molecule has 0 saturated heterocycles. The number of hydrogen-bond donors (Lipinski definition) is 0. The fraction of sp³-hybridized carbons (Fsp3) is 0.300. The molecule has 1 nitrogen and oxygen atoms in total. The lowest BCUT2D eigenvalue weighted by molar-refractivity contribution is 0.101. The highest BCUT2D eigenvalue weighted by Crippen LogP contribution is 2.29. The number of benzene rings is 1. The van der Waals surface area contributed by atoms with Crippen LogP contribution in [0.5, 0.6) is 0 Å². The first-order valence-electron chi connectivity index (χ1n) is 4.03. The lowest BCUT2D eigenvalue weighted by atomic mass is 10.0. The van der Waals surface area contributed by atoms with Crippen molar-refractivity contribution >= 4 is 21.7 Å². The fourth-order valence-corrected chi connectivity index (χ4v) is 2.07. The molecule has 1 rings (SSSR count). The highest BCUT2D eigenvalue weighted by molar-refractivity contribution is 9.10. The van der Waals surface area contributed by atoms with Crippen molar-refractivity contribution in [2.75, 3.05) is 0 Å². The van der Waals surface area contributed by atoms with Gasteiger partial charge in [0.1, 0.15) is 0 Å². The third-order valence-corrected chi connectivity index (χ3v) is 2.70. The Morgan fingerprint density at radius 3 is 2.43 bits per heavy atom. The minimum Gasteiger partial charge on any atom is -0.294 e. The first-order valence-corrected chi connectivity index (χ1v) is 4.82. The molecule has 0 radical (unpaired) electrons. The smallest absolute Gasteiger partial charge is 0.264 e. The molecule has 0 aliphatic heterocycles. The van der Waals surface area contributed by atoms with Gasteiger partial charge >= 0.3 is 0 Å². The topological polar surface area (TPSA) is 17.1 Å². The van der Waals surface area contributed by atoms with Gasteiger partial charge < -0.3 is 0 Å². The van der Waals surface area contributed by atoms with Crippen molar-refractivity contribution in [1.29, 1.82) is 0 Å². The Balaban J connectivity index is 3.41. The molecule has 0 aliphatic carbocycles. The van der Waals surface area contributed by atoms with Gasteiger partial charge in [0.05, 0.1) is 0 Å². The van der Waals surface area contributed by atoms with Crippen LogP contribution in [0.4, 0.5) is 8.78 Å². The molecule has 1 aromatic rings. The number of halogens is 3. The average molecular weight is 263 g/mol. The van der Waals surface area contributed by atoms with Crippen molar-refractivity contribution in [1.82, 2.24) is 0 Å². The van der Waals surface area contributed by atoms with Crippen LogP contribution in [0.2, 0.25) is 0 Å². The molecule has 0 spiro atoms. The second kappa shape index (κ2) is 4.17. The van der Waals surface area contributed by atoms with Crippen molar-refractivity contribution in [2.24, 2.45) is 0 Å². The summed E-state index contributed by atoms with van der Waals surface area (Å²) < 4.78 is 25.5. The third-order valence-electron chi connectivity index (χ3n) is 2.04. The van der Waals surface area contributed by atoms with E-state index in [1.165, 1.54) is 26.0 Å². The Labute approximate surface area is 89.3 Å². The summed E-state index contributed by atoms with van der Waals surface area (Å²) in [5, 5.41) is 0. The second-order valence-corrected chi connectivity index (χ2v) is 3.85. The maximum atomic E-state index is 12.5. The summed E-state index contributed by atoms with van der Waals surface area (Å²) in [5.74, 6) is -0.211. The van der Waals surface area contributed by atoms with Gasteiger partial charge in [-0.2, -0.15) is 0 Å². The zero-order valence-electron chi connectivity index (χ0n) is 7.77. The molecule has 14 heavy (non-hydrogen) atoms. The molecule has 4 heteroatoms. The van der Waals surface area contributed by atoms with E-state index in [1.54, 1.807) is 0 Å². The van der Waals surface area contributed by atoms with Crippen LogP contribution in [-0.4, -0.2) is 5.78 Å². The van der Waals surface area contributed by atoms with Gasteiger partial charge in [-0.3, -0.25) is 4.79 Å². The first-order chi connectivity index (χ1) is 6.45. The molecule has 0 amide bonds. The van der Waals surface area contributed by atoms with Gasteiger partial charge in [0.25, 0.3) is 6.43 Å². The molecular weight excluding hydrogens is 254 g/mol. The minimum atomic E-state index is -2.54. The molecule has 76 valence electrons. The van der Waals surface area contributed by atoms with Crippen molar-refractivity contribution < 1.29 is 13.6 Å². The van der Waals surface area contributed by atoms with Crippen LogP contribution in [0.15, 0.2) is 16.6 Å². The van der Waals surface area contributed by atoms with E-state index in [4.69, 9.17) is 0 Å². The lowest BCUT2D eigenvalue weighted by Gasteiger charge is -2.10. The summed E-state index contributed by atoms with van der Waals surface area (Å²) in [7, 11) is 0. The molecule has 0 N–H and O–H groups in total. The van der Waals surface area contributed by atoms with Crippen molar-refractivity contribution in [3.8, 4) is 0 Å². The van der Waals surface area contributed by atoms with Gasteiger partial charge in [-0.1, -0.05) is 22.0 Å². The Morgan fingerprint density at radius 2 is 2.00 bits per heavy atom. The molecule has 1 aromatic carbocycles. The molecule has 0 aromatic heterocycles. The van der Waals surface area contributed by atoms with E-state index in [0.717, 1.165) is 0 Å². The van der Waals surface area contributed by atoms with Gasteiger partial charge in [0.15, 0.2) is 5.78 Å². The predicted octanol–water partition coefficient (Wildman–Crippen LogP) is 3.90. The van der Waals surface area contributed by atoms with Crippen LogP contribution in [0.1, 0.15) is 34.8 Å². The molecule has 0 heterocycles. The van der Waals surface area contributed by atoms with E-state index in [-0.39, 0.29) is 11.3 Å². The Morgan fingerprint density at radius 1 is 1.43 bits per heavy atom. The summed E-state index contributed by atoms with van der Waals surface area (Å²) >= 11 is 3.17. The summed E-state index contributed by atoms with van der Waals surface area (Å²) in [6, 6.07) is 2.81. The SMILES string of the molecule is CC(=O)c1c(Br)ccc(C(F)F)c1C. The monoisotopic (exact) mass is 262 g/mol. The highest BCUT2D eigenvalue weighted by Gasteiger charge is 2.17. The zero-order valence-corrected chi connectivity index (χ0v) is 9.36. The zero-order chi connectivity index (χ0) is 10.9. The average Bonchev–Trinajstić information content (AvgIpc) is 2.02. The summed E-state index contributed by atoms with van der Waals surface area (Å²) in [5.41, 5.74) is 0.600. The van der Waals surface area contributed by atoms with Crippen LogP contribution < -0.4 is 0 Å². The van der Waals surface area contributed by atoms with Gasteiger partial charge in [-0.15, -0.1) is 0 Å². The van der Waals surface area contributed by atoms with Crippen LogP contribution in [0, 0.1) is 6.92 Å². The quantitative estimate of drug-likeness (QED) is 0.739. The highest BCUT2D eigenvalue weighted by atomic mass is 79.9. The number of ketones is 1. The number of rotatable bonds is 2. The van der Waals surface area contributed by atoms with Crippen LogP contribution in [0.25, 0.3) is 0 Å². The first kappa shape index (κ1) is 11.3. The summed E-state index contributed by atoms with van der Waals surface area (Å²) in [6.07, 6.45) is -2.54. The molecule has 0 fully saturated rings. The van der Waals surface area contributed by atoms with Gasteiger partial charge in [0, 0.05) is 15.6 Å². The van der Waals surface area contributed by atoms with Crippen molar-refractivity contribution in [3.05, 3.63) is 33.3 Å². The van der Waals surface area contributed by atoms with Gasteiger partial charge in [0.2, 0.25) is 0 Å². The maximum absolute atomic E-state index is 12.5. The van der Waals surface area contributed by atoms with E-state index in [0.29, 0.717) is 15.6 Å². The molecule has 0 saturated carbocycles. The number of carbonyl (C=O) groups excluding carboxylic acids is 1. The van der Waals surface area contributed by atoms with Crippen LogP contribution >= 0.6 is 15.9 Å². The van der Waals surface area contributed by atoms with Crippen LogP contribution in [-0.2, 0) is 0 Å². The standard InChI is InChI=1S/C10H9BrF2O/c1-5-7(10(12)13)3-4-8(11)9(5)6(2)14/h3-4,10H,1-2H3. The third kappa shape index (κ3) is 2.00. The Hall–Kier alpha value is -0.770. The van der Waals surface area contributed by atoms with E-state index >= 15 is 0 Å². The Bertz CT molecular complexity index is 375. The van der Waals surface area contributed by atoms with E-state index in [1.807, 2.05) is 0 Å². The van der Waals surface area contributed by atoms with E-state index < -0.39 is 6.43 Å². The molecule has 0 atom stereocenters. The van der Waals surface area contributed by atoms with E-state index in [2.05, 4.69) is 15.9 Å². The van der Waals surface area contributed by atoms with E-state index in [9.17, 15) is 13.6 Å². The van der Waals surface area contributed by atoms with Gasteiger partial charge in [-0.25, -0.2) is 8.78 Å². The molecule has 0 bridgehead atoms. The number of hydrogen-bond acceptors (Lipinski definition) is 1. The number of alkyl halides is 2. The number of Topliss-reactive ketones (excluding diaryl/α,β-unsaturated/α-hetero) is 1. The fourth-order valence-electron chi connectivity index (χ4n) is 1.36. The summed E-state index contributed by atoms with van der Waals surface area (Å²) in [4.78, 5) is 11.2. The lowest BCUT2D eigenvalue weighted by Crippen LogP contribution is -2.02. The summed E-state index contributed by atoms with van der Waals surface area (Å²) in [6.45, 7) is 2.89. The van der Waals surface area contributed by atoms with Crippen molar-refractivity contribution in [3.63, 3.8) is 0 Å². The number of carbonyl (C=O) groups is 1. The maximum Gasteiger partial charge on any atom is 0.264 e. The van der Waals surface area contributed by atoms with Gasteiger partial charge in [-0.05, 0) is 25.5 Å². The normalized spacial score (nSPS) is 10.7. The molecule has 0 aliphatic rings. The minimum absolute atomic E-state index is 0.0848. The largest absolute Gasteiger partial charge is 0.294 e. The predicted molar refractivity (Wildman–Crippen MR) is 53.8 cm³/mol.